The number of carbonyl (C=O) groups is 1. The van der Waals surface area contributed by atoms with Crippen LogP contribution < -0.4 is 5.32 Å². The van der Waals surface area contributed by atoms with Crippen molar-refractivity contribution in [3.8, 4) is 0 Å². The molecular weight excluding hydrogens is 432 g/mol. The lowest BCUT2D eigenvalue weighted by atomic mass is 9.88. The standard InChI is InChI=1S/C27H36N2O3S/c1-3-25(23-15-14-21-10-6-7-11-22(21)18-23)28-27(30)24-13-12-20(2)26(19-24)33(31,32)29-16-8-4-5-9-17-29/h12-15,18-19,25H,3-11,16-17H2,1-2H3,(H,28,30). The molecule has 1 amide bonds. The molecule has 0 bridgehead atoms. The third-order valence-electron chi connectivity index (χ3n) is 7.12. The number of rotatable bonds is 6. The summed E-state index contributed by atoms with van der Waals surface area (Å²) >= 11 is 0. The van der Waals surface area contributed by atoms with Crippen LogP contribution in [0, 0.1) is 6.92 Å². The summed E-state index contributed by atoms with van der Waals surface area (Å²) in [6.45, 7) is 4.96. The summed E-state index contributed by atoms with van der Waals surface area (Å²) < 4.78 is 28.3. The van der Waals surface area contributed by atoms with Crippen LogP contribution in [0.2, 0.25) is 0 Å². The number of nitrogens with zero attached hydrogens (tertiary/aromatic N) is 1. The highest BCUT2D eigenvalue weighted by Gasteiger charge is 2.28. The van der Waals surface area contributed by atoms with E-state index in [2.05, 4.69) is 30.4 Å². The van der Waals surface area contributed by atoms with Crippen LogP contribution in [0.25, 0.3) is 0 Å². The van der Waals surface area contributed by atoms with Crippen LogP contribution in [0.15, 0.2) is 41.3 Å². The van der Waals surface area contributed by atoms with Crippen molar-refractivity contribution in [1.29, 1.82) is 0 Å². The van der Waals surface area contributed by atoms with Crippen LogP contribution in [-0.4, -0.2) is 31.7 Å². The fraction of sp³-hybridized carbons (Fsp3) is 0.519. The van der Waals surface area contributed by atoms with Gasteiger partial charge in [0.15, 0.2) is 0 Å². The maximum atomic E-state index is 13.4. The average Bonchev–Trinajstić information content (AvgIpc) is 3.12. The second kappa shape index (κ2) is 10.4. The molecule has 0 saturated carbocycles. The zero-order chi connectivity index (χ0) is 23.4. The highest BCUT2D eigenvalue weighted by atomic mass is 32.2. The number of hydrogen-bond donors (Lipinski definition) is 1. The van der Waals surface area contributed by atoms with E-state index in [9.17, 15) is 13.2 Å². The first-order valence-corrected chi connectivity index (χ1v) is 13.9. The molecule has 1 atom stereocenters. The topological polar surface area (TPSA) is 66.5 Å². The van der Waals surface area contributed by atoms with Gasteiger partial charge in [-0.1, -0.05) is 44.0 Å². The van der Waals surface area contributed by atoms with E-state index in [0.29, 0.717) is 24.2 Å². The highest BCUT2D eigenvalue weighted by molar-refractivity contribution is 7.89. The monoisotopic (exact) mass is 468 g/mol. The summed E-state index contributed by atoms with van der Waals surface area (Å²) in [5, 5.41) is 3.15. The Morgan fingerprint density at radius 2 is 1.64 bits per heavy atom. The molecule has 2 aliphatic rings. The van der Waals surface area contributed by atoms with E-state index in [1.165, 1.54) is 24.0 Å². The van der Waals surface area contributed by atoms with Crippen molar-refractivity contribution in [2.45, 2.75) is 82.6 Å². The van der Waals surface area contributed by atoms with Gasteiger partial charge in [0.05, 0.1) is 10.9 Å². The largest absolute Gasteiger partial charge is 0.345 e. The van der Waals surface area contributed by atoms with Crippen LogP contribution in [0.1, 0.15) is 90.5 Å². The second-order valence-corrected chi connectivity index (χ2v) is 11.4. The lowest BCUT2D eigenvalue weighted by Crippen LogP contribution is -2.33. The molecule has 1 fully saturated rings. The van der Waals surface area contributed by atoms with Gasteiger partial charge in [0.25, 0.3) is 5.91 Å². The van der Waals surface area contributed by atoms with Gasteiger partial charge >= 0.3 is 0 Å². The Balaban J connectivity index is 1.55. The molecule has 0 spiro atoms. The first kappa shape index (κ1) is 24.0. The van der Waals surface area contributed by atoms with Crippen molar-refractivity contribution in [2.75, 3.05) is 13.1 Å². The normalized spacial score (nSPS) is 18.2. The van der Waals surface area contributed by atoms with Gasteiger partial charge in [-0.15, -0.1) is 0 Å². The minimum absolute atomic E-state index is 0.100. The average molecular weight is 469 g/mol. The Kier molecular flexibility index (Phi) is 7.55. The number of amides is 1. The maximum Gasteiger partial charge on any atom is 0.251 e. The van der Waals surface area contributed by atoms with Crippen molar-refractivity contribution in [2.24, 2.45) is 0 Å². The van der Waals surface area contributed by atoms with Gasteiger partial charge in [-0.05, 0) is 86.3 Å². The minimum Gasteiger partial charge on any atom is -0.345 e. The van der Waals surface area contributed by atoms with Crippen molar-refractivity contribution >= 4 is 15.9 Å². The summed E-state index contributed by atoms with van der Waals surface area (Å²) in [5.41, 5.74) is 5.01. The van der Waals surface area contributed by atoms with E-state index < -0.39 is 10.0 Å². The molecule has 1 heterocycles. The molecule has 1 N–H and O–H groups in total. The van der Waals surface area contributed by atoms with Crippen molar-refractivity contribution in [3.63, 3.8) is 0 Å². The van der Waals surface area contributed by atoms with Crippen LogP contribution >= 0.6 is 0 Å². The lowest BCUT2D eigenvalue weighted by molar-refractivity contribution is 0.0935. The SMILES string of the molecule is CCC(NC(=O)c1ccc(C)c(S(=O)(=O)N2CCCCCC2)c1)c1ccc2c(c1)CCCC2. The second-order valence-electron chi connectivity index (χ2n) is 9.47. The van der Waals surface area contributed by atoms with E-state index >= 15 is 0 Å². The van der Waals surface area contributed by atoms with Crippen LogP contribution in [-0.2, 0) is 22.9 Å². The van der Waals surface area contributed by atoms with Gasteiger partial charge in [-0.2, -0.15) is 4.31 Å². The molecule has 2 aromatic carbocycles. The Hall–Kier alpha value is -2.18. The van der Waals surface area contributed by atoms with E-state index in [0.717, 1.165) is 50.5 Å². The molecule has 1 aliphatic heterocycles. The van der Waals surface area contributed by atoms with Gasteiger partial charge in [0.1, 0.15) is 0 Å². The summed E-state index contributed by atoms with van der Waals surface area (Å²) in [7, 11) is -3.62. The molecule has 2 aromatic rings. The summed E-state index contributed by atoms with van der Waals surface area (Å²) in [5.74, 6) is -0.230. The fourth-order valence-electron chi connectivity index (χ4n) is 5.07. The van der Waals surface area contributed by atoms with Crippen molar-refractivity contribution in [1.82, 2.24) is 9.62 Å². The third kappa shape index (κ3) is 5.33. The molecule has 6 heteroatoms. The molecule has 1 aliphatic carbocycles. The number of carbonyl (C=O) groups excluding carboxylic acids is 1. The van der Waals surface area contributed by atoms with Crippen molar-refractivity contribution in [3.05, 3.63) is 64.2 Å². The molecule has 1 unspecified atom stereocenters. The first-order chi connectivity index (χ1) is 15.9. The van der Waals surface area contributed by atoms with Crippen LogP contribution in [0.5, 0.6) is 0 Å². The molecule has 5 nitrogen and oxygen atoms in total. The predicted molar refractivity (Wildman–Crippen MR) is 132 cm³/mol. The van der Waals surface area contributed by atoms with Crippen LogP contribution in [0.3, 0.4) is 0 Å². The molecule has 4 rings (SSSR count). The van der Waals surface area contributed by atoms with Gasteiger partial charge in [-0.3, -0.25) is 4.79 Å². The summed E-state index contributed by atoms with van der Waals surface area (Å²) in [6.07, 6.45) is 9.38. The molecule has 0 aromatic heterocycles. The van der Waals surface area contributed by atoms with Crippen LogP contribution in [0.4, 0.5) is 0 Å². The molecule has 33 heavy (non-hydrogen) atoms. The Bertz CT molecular complexity index is 1100. The number of benzene rings is 2. The molecular formula is C27H36N2O3S. The molecule has 0 radical (unpaired) electrons. The lowest BCUT2D eigenvalue weighted by Gasteiger charge is -2.23. The summed E-state index contributed by atoms with van der Waals surface area (Å²) in [6, 6.07) is 11.5. The summed E-state index contributed by atoms with van der Waals surface area (Å²) in [4.78, 5) is 13.4. The molecule has 1 saturated heterocycles. The number of hydrogen-bond acceptors (Lipinski definition) is 3. The highest BCUT2D eigenvalue weighted by Crippen LogP contribution is 2.27. The zero-order valence-corrected chi connectivity index (χ0v) is 20.7. The van der Waals surface area contributed by atoms with E-state index in [1.54, 1.807) is 29.4 Å². The predicted octanol–water partition coefficient (Wildman–Crippen LogP) is 5.32. The zero-order valence-electron chi connectivity index (χ0n) is 19.9. The fourth-order valence-corrected chi connectivity index (χ4v) is 6.84. The Morgan fingerprint density at radius 1 is 0.939 bits per heavy atom. The molecule has 178 valence electrons. The Morgan fingerprint density at radius 3 is 2.33 bits per heavy atom. The van der Waals surface area contributed by atoms with E-state index in [4.69, 9.17) is 0 Å². The van der Waals surface area contributed by atoms with Gasteiger partial charge in [-0.25, -0.2) is 8.42 Å². The van der Waals surface area contributed by atoms with Gasteiger partial charge < -0.3 is 5.32 Å². The van der Waals surface area contributed by atoms with Crippen molar-refractivity contribution < 1.29 is 13.2 Å². The van der Waals surface area contributed by atoms with E-state index in [-0.39, 0.29) is 16.8 Å². The van der Waals surface area contributed by atoms with E-state index in [1.807, 2.05) is 0 Å². The smallest absolute Gasteiger partial charge is 0.251 e. The first-order valence-electron chi connectivity index (χ1n) is 12.4. The quantitative estimate of drug-likeness (QED) is 0.624. The number of fused-ring (bicyclic) bond motifs is 1. The number of nitrogens with one attached hydrogen (secondary N) is 1. The third-order valence-corrected chi connectivity index (χ3v) is 9.16. The number of aryl methyl sites for hydroxylation is 3. The van der Waals surface area contributed by atoms with Gasteiger partial charge in [0, 0.05) is 18.7 Å². The number of sulfonamides is 1. The van der Waals surface area contributed by atoms with Gasteiger partial charge in [0.2, 0.25) is 10.0 Å². The maximum absolute atomic E-state index is 13.4. The Labute approximate surface area is 198 Å². The minimum atomic E-state index is -3.62.